The number of fused-ring (bicyclic) bond motifs is 1. The number of ether oxygens (including phenoxy) is 1. The van der Waals surface area contributed by atoms with Gasteiger partial charge in [0.05, 0.1) is 6.10 Å². The van der Waals surface area contributed by atoms with Crippen LogP contribution in [0.4, 0.5) is 0 Å². The molecule has 3 rings (SSSR count). The van der Waals surface area contributed by atoms with E-state index in [9.17, 15) is 9.82 Å². The molecule has 0 unspecified atom stereocenters. The van der Waals surface area contributed by atoms with Crippen molar-refractivity contribution in [2.45, 2.75) is 19.4 Å². The van der Waals surface area contributed by atoms with Crippen molar-refractivity contribution in [2.75, 3.05) is 0 Å². The molecule has 0 aliphatic carbocycles. The molecule has 0 radical (unpaired) electrons. The summed E-state index contributed by atoms with van der Waals surface area (Å²) in [5, 5.41) is 9.93. The Kier molecular flexibility index (Phi) is 3.68. The molecule has 2 heterocycles. The number of rotatable bonds is 4. The first-order chi connectivity index (χ1) is 10.1. The first-order valence-electron chi connectivity index (χ1n) is 6.55. The van der Waals surface area contributed by atoms with Gasteiger partial charge in [0.2, 0.25) is 0 Å². The Balaban J connectivity index is 1.85. The Hall–Kier alpha value is -2.25. The molecule has 1 N–H and O–H groups in total. The number of Topliss-reactive ketones (excluding diaryl/α,β-unsaturated/α-hetero) is 1. The number of hydrogen-bond acceptors (Lipinski definition) is 6. The zero-order valence-electron chi connectivity index (χ0n) is 11.4. The van der Waals surface area contributed by atoms with E-state index in [-0.39, 0.29) is 18.2 Å². The minimum absolute atomic E-state index is 0.0121. The van der Waals surface area contributed by atoms with Crippen molar-refractivity contribution in [3.63, 3.8) is 0 Å². The standard InChI is InChI=1S/C14H13BN2O4/c1-9(18)7-13-11-4-3-10(8-12(11)15(19)21-13)20-14-16-5-2-6-17-14/h2-6,8,13,19H,7H2,1H3/t13-/m1/s1. The van der Waals surface area contributed by atoms with Crippen LogP contribution in [0.25, 0.3) is 0 Å². The van der Waals surface area contributed by atoms with E-state index in [1.165, 1.54) is 6.92 Å². The number of aromatic nitrogens is 2. The maximum absolute atomic E-state index is 11.2. The van der Waals surface area contributed by atoms with Gasteiger partial charge in [-0.2, -0.15) is 0 Å². The van der Waals surface area contributed by atoms with Gasteiger partial charge in [0, 0.05) is 18.8 Å². The molecule has 1 aromatic heterocycles. The largest absolute Gasteiger partial charge is 0.492 e. The molecule has 1 aliphatic rings. The second kappa shape index (κ2) is 5.63. The lowest BCUT2D eigenvalue weighted by Gasteiger charge is -2.10. The summed E-state index contributed by atoms with van der Waals surface area (Å²) in [6.07, 6.45) is 2.99. The van der Waals surface area contributed by atoms with Gasteiger partial charge in [0.15, 0.2) is 0 Å². The van der Waals surface area contributed by atoms with Gasteiger partial charge in [0.25, 0.3) is 0 Å². The molecule has 0 saturated heterocycles. The molecule has 0 amide bonds. The molecule has 0 saturated carbocycles. The van der Waals surface area contributed by atoms with Gasteiger partial charge in [-0.25, -0.2) is 9.97 Å². The molecule has 0 spiro atoms. The minimum Gasteiger partial charge on any atom is -0.424 e. The van der Waals surface area contributed by atoms with Crippen LogP contribution in [0.2, 0.25) is 0 Å². The molecule has 6 nitrogen and oxygen atoms in total. The number of carbonyl (C=O) groups is 1. The van der Waals surface area contributed by atoms with Gasteiger partial charge in [-0.3, -0.25) is 4.79 Å². The third-order valence-corrected chi connectivity index (χ3v) is 3.19. The van der Waals surface area contributed by atoms with E-state index in [0.717, 1.165) is 5.56 Å². The monoisotopic (exact) mass is 284 g/mol. The smallest absolute Gasteiger partial charge is 0.424 e. The number of carbonyl (C=O) groups excluding carboxylic acids is 1. The second-order valence-corrected chi connectivity index (χ2v) is 4.81. The van der Waals surface area contributed by atoms with Crippen molar-refractivity contribution in [2.24, 2.45) is 0 Å². The van der Waals surface area contributed by atoms with Crippen LogP contribution in [0.15, 0.2) is 36.7 Å². The van der Waals surface area contributed by atoms with Gasteiger partial charge in [-0.05, 0) is 36.1 Å². The first-order valence-corrected chi connectivity index (χ1v) is 6.55. The fourth-order valence-corrected chi connectivity index (χ4v) is 2.29. The van der Waals surface area contributed by atoms with Crippen molar-refractivity contribution >= 4 is 18.4 Å². The first kappa shape index (κ1) is 13.7. The predicted octanol–water partition coefficient (Wildman–Crippen LogP) is 1.01. The molecular weight excluding hydrogens is 271 g/mol. The Morgan fingerprint density at radius 1 is 1.43 bits per heavy atom. The lowest BCUT2D eigenvalue weighted by molar-refractivity contribution is -0.118. The van der Waals surface area contributed by atoms with Crippen molar-refractivity contribution in [1.29, 1.82) is 0 Å². The number of hydrogen-bond donors (Lipinski definition) is 1. The molecule has 2 aromatic rings. The van der Waals surface area contributed by atoms with Crippen LogP contribution in [-0.2, 0) is 9.45 Å². The summed E-state index contributed by atoms with van der Waals surface area (Å²) >= 11 is 0. The number of ketones is 1. The third kappa shape index (κ3) is 2.93. The van der Waals surface area contributed by atoms with E-state index >= 15 is 0 Å². The number of benzene rings is 1. The van der Waals surface area contributed by atoms with E-state index in [4.69, 9.17) is 9.39 Å². The van der Waals surface area contributed by atoms with Gasteiger partial charge in [-0.15, -0.1) is 0 Å². The fourth-order valence-electron chi connectivity index (χ4n) is 2.29. The highest BCUT2D eigenvalue weighted by atomic mass is 16.5. The minimum atomic E-state index is -1.05. The third-order valence-electron chi connectivity index (χ3n) is 3.19. The highest BCUT2D eigenvalue weighted by Gasteiger charge is 2.35. The van der Waals surface area contributed by atoms with Crippen LogP contribution in [0.3, 0.4) is 0 Å². The normalized spacial score (nSPS) is 16.7. The lowest BCUT2D eigenvalue weighted by Crippen LogP contribution is -2.28. The highest BCUT2D eigenvalue weighted by Crippen LogP contribution is 2.29. The summed E-state index contributed by atoms with van der Waals surface area (Å²) in [7, 11) is -1.05. The topological polar surface area (TPSA) is 81.5 Å². The summed E-state index contributed by atoms with van der Waals surface area (Å²) in [6.45, 7) is 1.50. The van der Waals surface area contributed by atoms with Crippen LogP contribution in [0.5, 0.6) is 11.8 Å². The SMILES string of the molecule is CC(=O)C[C@H]1OB(O)c2cc(Oc3ncccn3)ccc21. The van der Waals surface area contributed by atoms with Gasteiger partial charge >= 0.3 is 13.1 Å². The van der Waals surface area contributed by atoms with E-state index in [1.807, 2.05) is 0 Å². The van der Waals surface area contributed by atoms with Gasteiger partial charge in [-0.1, -0.05) is 6.07 Å². The van der Waals surface area contributed by atoms with Crippen LogP contribution in [0.1, 0.15) is 25.0 Å². The predicted molar refractivity (Wildman–Crippen MR) is 75.3 cm³/mol. The van der Waals surface area contributed by atoms with Crippen LogP contribution >= 0.6 is 0 Å². The Morgan fingerprint density at radius 3 is 2.90 bits per heavy atom. The van der Waals surface area contributed by atoms with Crippen molar-refractivity contribution in [1.82, 2.24) is 9.97 Å². The van der Waals surface area contributed by atoms with Crippen molar-refractivity contribution in [3.05, 3.63) is 42.2 Å². The van der Waals surface area contributed by atoms with Crippen molar-refractivity contribution < 1.29 is 19.2 Å². The van der Waals surface area contributed by atoms with E-state index in [1.54, 1.807) is 36.7 Å². The molecule has 1 aromatic carbocycles. The quantitative estimate of drug-likeness (QED) is 0.844. The summed E-state index contributed by atoms with van der Waals surface area (Å²) in [4.78, 5) is 19.2. The molecular formula is C14H13BN2O4. The summed E-state index contributed by atoms with van der Waals surface area (Å²) in [6, 6.07) is 7.13. The average Bonchev–Trinajstić information content (AvgIpc) is 2.75. The lowest BCUT2D eigenvalue weighted by atomic mass is 9.79. The maximum atomic E-state index is 11.2. The van der Waals surface area contributed by atoms with Crippen LogP contribution in [-0.4, -0.2) is 27.9 Å². The van der Waals surface area contributed by atoms with Gasteiger partial charge in [0.1, 0.15) is 11.5 Å². The van der Waals surface area contributed by atoms with E-state index in [0.29, 0.717) is 11.2 Å². The molecule has 7 heteroatoms. The number of nitrogens with zero attached hydrogens (tertiary/aromatic N) is 2. The zero-order valence-corrected chi connectivity index (χ0v) is 11.4. The summed E-state index contributed by atoms with van der Waals surface area (Å²) < 4.78 is 10.9. The maximum Gasteiger partial charge on any atom is 0.492 e. The molecule has 1 atom stereocenters. The zero-order chi connectivity index (χ0) is 14.8. The molecule has 0 fully saturated rings. The van der Waals surface area contributed by atoms with Gasteiger partial charge < -0.3 is 14.4 Å². The Labute approximate surface area is 121 Å². The average molecular weight is 284 g/mol. The molecule has 1 aliphatic heterocycles. The molecule has 21 heavy (non-hydrogen) atoms. The second-order valence-electron chi connectivity index (χ2n) is 4.81. The van der Waals surface area contributed by atoms with Crippen LogP contribution < -0.4 is 10.2 Å². The fraction of sp³-hybridized carbons (Fsp3) is 0.214. The summed E-state index contributed by atoms with van der Waals surface area (Å²) in [5.41, 5.74) is 1.41. The van der Waals surface area contributed by atoms with Crippen LogP contribution in [0, 0.1) is 0 Å². The van der Waals surface area contributed by atoms with Crippen molar-refractivity contribution in [3.8, 4) is 11.8 Å². The Bertz CT molecular complexity index is 665. The van der Waals surface area contributed by atoms with E-state index in [2.05, 4.69) is 9.97 Å². The molecule has 106 valence electrons. The summed E-state index contributed by atoms with van der Waals surface area (Å²) in [5.74, 6) is 0.518. The Morgan fingerprint density at radius 2 is 2.19 bits per heavy atom. The van der Waals surface area contributed by atoms with E-state index < -0.39 is 13.2 Å². The highest BCUT2D eigenvalue weighted by molar-refractivity contribution is 6.61. The molecule has 0 bridgehead atoms.